The molecule has 3 rings (SSSR count). The number of anilines is 1. The van der Waals surface area contributed by atoms with Crippen LogP contribution < -0.4 is 4.90 Å². The number of aliphatic imine (C=N–C) groups is 1. The predicted octanol–water partition coefficient (Wildman–Crippen LogP) is 5.39. The van der Waals surface area contributed by atoms with Crippen molar-refractivity contribution in [3.05, 3.63) is 76.5 Å². The van der Waals surface area contributed by atoms with Gasteiger partial charge < -0.3 is 4.90 Å². The first-order chi connectivity index (χ1) is 12.4. The van der Waals surface area contributed by atoms with Gasteiger partial charge in [0.05, 0.1) is 16.3 Å². The van der Waals surface area contributed by atoms with Gasteiger partial charge in [-0.1, -0.05) is 39.0 Å². The quantitative estimate of drug-likeness (QED) is 0.519. The number of hydrogen-bond donors (Lipinski definition) is 0. The molecular formula is C21H23N3O2. The number of para-hydroxylation sites is 1. The minimum absolute atomic E-state index is 0.106. The Bertz CT molecular complexity index is 870. The fraction of sp³-hybridized carbons (Fsp3) is 0.286. The Labute approximate surface area is 153 Å². The van der Waals surface area contributed by atoms with Crippen LogP contribution in [-0.2, 0) is 5.41 Å². The second-order valence-corrected chi connectivity index (χ2v) is 6.93. The molecule has 0 N–H and O–H groups in total. The summed E-state index contributed by atoms with van der Waals surface area (Å²) in [6.07, 6.45) is 5.11. The van der Waals surface area contributed by atoms with Gasteiger partial charge in [-0.05, 0) is 36.3 Å². The molecule has 1 aliphatic heterocycles. The van der Waals surface area contributed by atoms with Crippen LogP contribution >= 0.6 is 0 Å². The molecule has 0 aliphatic carbocycles. The third-order valence-electron chi connectivity index (χ3n) is 4.71. The highest BCUT2D eigenvalue weighted by Gasteiger charge is 2.34. The number of nitro benzene ring substituents is 1. The lowest BCUT2D eigenvalue weighted by Crippen LogP contribution is -2.25. The molecule has 5 heteroatoms. The second kappa shape index (κ2) is 7.12. The highest BCUT2D eigenvalue weighted by atomic mass is 16.6. The molecule has 0 aromatic heterocycles. The van der Waals surface area contributed by atoms with Crippen molar-refractivity contribution in [3.8, 4) is 0 Å². The molecule has 2 aromatic carbocycles. The number of non-ortho nitro benzene ring substituents is 1. The minimum atomic E-state index is -0.369. The fourth-order valence-corrected chi connectivity index (χ4v) is 3.20. The number of hydrogen-bond acceptors (Lipinski definition) is 4. The summed E-state index contributed by atoms with van der Waals surface area (Å²) in [4.78, 5) is 17.6. The van der Waals surface area contributed by atoms with E-state index in [2.05, 4.69) is 44.0 Å². The van der Waals surface area contributed by atoms with Crippen LogP contribution in [-0.4, -0.2) is 17.2 Å². The van der Waals surface area contributed by atoms with Gasteiger partial charge in [-0.25, -0.2) is 0 Å². The van der Waals surface area contributed by atoms with E-state index in [0.717, 1.165) is 35.6 Å². The zero-order valence-electron chi connectivity index (χ0n) is 15.3. The van der Waals surface area contributed by atoms with Crippen LogP contribution in [0.25, 0.3) is 0 Å². The fourth-order valence-electron chi connectivity index (χ4n) is 3.20. The van der Waals surface area contributed by atoms with Gasteiger partial charge in [-0.2, -0.15) is 0 Å². The van der Waals surface area contributed by atoms with E-state index in [1.165, 1.54) is 6.07 Å². The Hall–Kier alpha value is -2.95. The van der Waals surface area contributed by atoms with Crippen molar-refractivity contribution in [2.45, 2.75) is 32.6 Å². The summed E-state index contributed by atoms with van der Waals surface area (Å²) in [6, 6.07) is 15.1. The predicted molar refractivity (Wildman–Crippen MR) is 106 cm³/mol. The van der Waals surface area contributed by atoms with Gasteiger partial charge in [0.2, 0.25) is 0 Å². The lowest BCUT2D eigenvalue weighted by atomic mass is 9.81. The van der Waals surface area contributed by atoms with Crippen LogP contribution in [0.4, 0.5) is 17.1 Å². The average molecular weight is 349 g/mol. The topological polar surface area (TPSA) is 58.7 Å². The number of benzene rings is 2. The largest absolute Gasteiger partial charge is 0.348 e. The Morgan fingerprint density at radius 2 is 1.92 bits per heavy atom. The second-order valence-electron chi connectivity index (χ2n) is 6.93. The van der Waals surface area contributed by atoms with E-state index in [1.54, 1.807) is 12.1 Å². The van der Waals surface area contributed by atoms with E-state index >= 15 is 0 Å². The summed E-state index contributed by atoms with van der Waals surface area (Å²) < 4.78 is 0. The third kappa shape index (κ3) is 3.38. The maximum atomic E-state index is 11.1. The smallest absolute Gasteiger partial charge is 0.269 e. The summed E-state index contributed by atoms with van der Waals surface area (Å²) in [5.74, 6) is 0. The molecule has 26 heavy (non-hydrogen) atoms. The Morgan fingerprint density at radius 3 is 2.58 bits per heavy atom. The molecule has 0 unspecified atom stereocenters. The van der Waals surface area contributed by atoms with Crippen LogP contribution in [0.3, 0.4) is 0 Å². The molecule has 2 aromatic rings. The number of allylic oxidation sites excluding steroid dienone is 1. The SMILES string of the molecule is CCCN(C=CC1=Nc2ccc([N+](=O)[O-])cc2C1(C)C)c1ccccc1. The number of fused-ring (bicyclic) bond motifs is 1. The highest BCUT2D eigenvalue weighted by Crippen LogP contribution is 2.42. The molecule has 0 fully saturated rings. The molecule has 0 radical (unpaired) electrons. The summed E-state index contributed by atoms with van der Waals surface area (Å²) in [7, 11) is 0. The Balaban J connectivity index is 1.90. The lowest BCUT2D eigenvalue weighted by Gasteiger charge is -2.23. The van der Waals surface area contributed by atoms with E-state index in [-0.39, 0.29) is 16.0 Å². The van der Waals surface area contributed by atoms with Gasteiger partial charge >= 0.3 is 0 Å². The molecule has 134 valence electrons. The van der Waals surface area contributed by atoms with Gasteiger partial charge in [-0.3, -0.25) is 15.1 Å². The number of nitrogens with zero attached hydrogens (tertiary/aromatic N) is 3. The molecule has 5 nitrogen and oxygen atoms in total. The van der Waals surface area contributed by atoms with Gasteiger partial charge in [0.15, 0.2) is 0 Å². The molecular weight excluding hydrogens is 326 g/mol. The van der Waals surface area contributed by atoms with Crippen molar-refractivity contribution in [3.63, 3.8) is 0 Å². The lowest BCUT2D eigenvalue weighted by molar-refractivity contribution is -0.384. The number of rotatable bonds is 6. The molecule has 0 bridgehead atoms. The summed E-state index contributed by atoms with van der Waals surface area (Å²) >= 11 is 0. The zero-order chi connectivity index (χ0) is 18.7. The summed E-state index contributed by atoms with van der Waals surface area (Å²) in [6.45, 7) is 7.17. The van der Waals surface area contributed by atoms with E-state index in [9.17, 15) is 10.1 Å². The van der Waals surface area contributed by atoms with Crippen LogP contribution in [0.1, 0.15) is 32.8 Å². The minimum Gasteiger partial charge on any atom is -0.348 e. The summed E-state index contributed by atoms with van der Waals surface area (Å²) in [5, 5.41) is 11.1. The molecule has 0 amide bonds. The zero-order valence-corrected chi connectivity index (χ0v) is 15.3. The highest BCUT2D eigenvalue weighted by molar-refractivity contribution is 6.08. The average Bonchev–Trinajstić information content (AvgIpc) is 2.89. The van der Waals surface area contributed by atoms with E-state index < -0.39 is 0 Å². The molecule has 0 saturated heterocycles. The van der Waals surface area contributed by atoms with Crippen LogP contribution in [0.2, 0.25) is 0 Å². The van der Waals surface area contributed by atoms with Gasteiger partial charge in [-0.15, -0.1) is 0 Å². The van der Waals surface area contributed by atoms with Crippen LogP contribution in [0.15, 0.2) is 65.8 Å². The molecule has 0 atom stereocenters. The van der Waals surface area contributed by atoms with E-state index in [0.29, 0.717) is 0 Å². The van der Waals surface area contributed by atoms with Crippen molar-refractivity contribution in [2.75, 3.05) is 11.4 Å². The monoisotopic (exact) mass is 349 g/mol. The first-order valence-electron chi connectivity index (χ1n) is 8.81. The van der Waals surface area contributed by atoms with E-state index in [1.807, 2.05) is 24.3 Å². The van der Waals surface area contributed by atoms with Gasteiger partial charge in [0, 0.05) is 36.0 Å². The third-order valence-corrected chi connectivity index (χ3v) is 4.71. The Morgan fingerprint density at radius 1 is 1.19 bits per heavy atom. The van der Waals surface area contributed by atoms with Crippen molar-refractivity contribution in [2.24, 2.45) is 4.99 Å². The Kier molecular flexibility index (Phi) is 4.89. The molecule has 0 saturated carbocycles. The van der Waals surface area contributed by atoms with Gasteiger partial charge in [0.1, 0.15) is 0 Å². The molecule has 0 spiro atoms. The maximum absolute atomic E-state index is 11.1. The molecule has 1 aliphatic rings. The van der Waals surface area contributed by atoms with Crippen molar-refractivity contribution in [1.82, 2.24) is 0 Å². The maximum Gasteiger partial charge on any atom is 0.269 e. The van der Waals surface area contributed by atoms with Crippen molar-refractivity contribution in [1.29, 1.82) is 0 Å². The van der Waals surface area contributed by atoms with Gasteiger partial charge in [0.25, 0.3) is 5.69 Å². The van der Waals surface area contributed by atoms with Crippen LogP contribution in [0.5, 0.6) is 0 Å². The first kappa shape index (κ1) is 17.9. The summed E-state index contributed by atoms with van der Waals surface area (Å²) in [5.41, 5.74) is 3.48. The molecule has 1 heterocycles. The standard InChI is InChI=1S/C21H23N3O2/c1-4-13-23(16-8-6-5-7-9-16)14-12-20-21(2,3)18-15-17(24(25)26)10-11-19(18)22-20/h5-12,14-15H,4,13H2,1-3H3. The number of nitro groups is 1. The normalized spacial score (nSPS) is 15.0. The van der Waals surface area contributed by atoms with Crippen molar-refractivity contribution >= 4 is 22.8 Å². The van der Waals surface area contributed by atoms with E-state index in [4.69, 9.17) is 4.99 Å². The van der Waals surface area contributed by atoms with Crippen LogP contribution in [0, 0.1) is 10.1 Å². The van der Waals surface area contributed by atoms with Crippen molar-refractivity contribution < 1.29 is 4.92 Å². The first-order valence-corrected chi connectivity index (χ1v) is 8.81.